The Hall–Kier alpha value is -0.997. The fourth-order valence-corrected chi connectivity index (χ4v) is 7.75. The number of hydrogen-bond donors (Lipinski definition) is 1. The number of nitrogens with one attached hydrogen (secondary N) is 1. The summed E-state index contributed by atoms with van der Waals surface area (Å²) in [6.07, 6.45) is 6.29. The Balaban J connectivity index is 0. The SMILES string of the molecule is CCc1cc(F)c(OC)cc1[N+](=O)[O-].CCc1cc(N2CCN(C3CCN(C)CC3)CC2)c(OC)cc1[N+](=O)[O-].CN1CCC(N2CCNCC2)CC1.O=CO[O-].[2H]CF.[H-].[K+].[K+]. The van der Waals surface area contributed by atoms with E-state index in [0.29, 0.717) is 30.2 Å². The number of ether oxygens (including phenoxy) is 2. The zero-order valence-electron chi connectivity index (χ0n) is 39.5. The van der Waals surface area contributed by atoms with Gasteiger partial charge in [-0.25, -0.2) is 4.39 Å². The molecule has 6 rings (SSSR count). The van der Waals surface area contributed by atoms with Crippen LogP contribution >= 0.6 is 0 Å². The Bertz CT molecular complexity index is 1590. The summed E-state index contributed by atoms with van der Waals surface area (Å²) >= 11 is 0. The van der Waals surface area contributed by atoms with E-state index in [9.17, 15) is 29.0 Å². The Morgan fingerprint density at radius 1 is 0.770 bits per heavy atom. The molecule has 0 bridgehead atoms. The van der Waals surface area contributed by atoms with E-state index in [2.05, 4.69) is 53.5 Å². The number of alkyl halides is 1. The fourth-order valence-electron chi connectivity index (χ4n) is 7.75. The number of carbonyl (C=O) groups is 1. The van der Waals surface area contributed by atoms with Crippen LogP contribution in [0.5, 0.6) is 11.5 Å². The van der Waals surface area contributed by atoms with Crippen LogP contribution in [0, 0.1) is 26.0 Å². The number of nitro benzene ring substituents is 2. The third-order valence-corrected chi connectivity index (χ3v) is 11.1. The molecule has 4 saturated heterocycles. The van der Waals surface area contributed by atoms with Gasteiger partial charge in [-0.15, -0.1) is 0 Å². The zero-order valence-corrected chi connectivity index (χ0v) is 43.8. The van der Waals surface area contributed by atoms with Crippen molar-refractivity contribution in [1.82, 2.24) is 24.9 Å². The smallest absolute Gasteiger partial charge is 1.00 e. The molecule has 61 heavy (non-hydrogen) atoms. The van der Waals surface area contributed by atoms with Gasteiger partial charge in [-0.05, 0) is 90.9 Å². The molecule has 0 spiro atoms. The molecule has 0 aliphatic carbocycles. The van der Waals surface area contributed by atoms with Gasteiger partial charge in [-0.3, -0.25) is 39.2 Å². The number of rotatable bonds is 10. The van der Waals surface area contributed by atoms with Gasteiger partial charge in [0.2, 0.25) is 0 Å². The Morgan fingerprint density at radius 3 is 1.54 bits per heavy atom. The van der Waals surface area contributed by atoms with Gasteiger partial charge in [0.25, 0.3) is 17.8 Å². The Kier molecular flexibility index (Phi) is 31.8. The van der Waals surface area contributed by atoms with Crippen molar-refractivity contribution in [2.45, 2.75) is 64.5 Å². The summed E-state index contributed by atoms with van der Waals surface area (Å²) in [7, 11) is 6.28. The normalized spacial score (nSPS) is 17.9. The first-order valence-corrected chi connectivity index (χ1v) is 20.1. The van der Waals surface area contributed by atoms with Gasteiger partial charge >= 0.3 is 103 Å². The largest absolute Gasteiger partial charge is 1.00 e. The molecule has 17 nitrogen and oxygen atoms in total. The van der Waals surface area contributed by atoms with Crippen LogP contribution in [-0.4, -0.2) is 162 Å². The molecule has 1 N–H and O–H groups in total. The van der Waals surface area contributed by atoms with E-state index in [1.165, 1.54) is 85.2 Å². The van der Waals surface area contributed by atoms with Gasteiger partial charge in [0.1, 0.15) is 5.75 Å². The van der Waals surface area contributed by atoms with Crippen LogP contribution in [-0.2, 0) is 22.5 Å². The van der Waals surface area contributed by atoms with Gasteiger partial charge in [-0.1, -0.05) is 13.8 Å². The topological polar surface area (TPSA) is 182 Å². The van der Waals surface area contributed by atoms with E-state index < -0.39 is 17.9 Å². The van der Waals surface area contributed by atoms with Crippen molar-refractivity contribution >= 4 is 23.5 Å². The molecule has 2 aromatic carbocycles. The van der Waals surface area contributed by atoms with Gasteiger partial charge in [-0.2, -0.15) is 0 Å². The van der Waals surface area contributed by atoms with Crippen LogP contribution in [0.2, 0.25) is 0 Å². The van der Waals surface area contributed by atoms with Gasteiger partial charge in [0.15, 0.2) is 11.6 Å². The van der Waals surface area contributed by atoms with E-state index in [1.807, 2.05) is 13.0 Å². The quantitative estimate of drug-likeness (QED) is 0.0893. The van der Waals surface area contributed by atoms with Crippen molar-refractivity contribution in [3.8, 4) is 11.5 Å². The molecule has 336 valence electrons. The molecule has 0 saturated carbocycles. The summed E-state index contributed by atoms with van der Waals surface area (Å²) in [5.74, 6) is -0.0782. The molecular formula is C40H66F2K2N8O9. The molecule has 0 radical (unpaired) electrons. The minimum Gasteiger partial charge on any atom is -1.00 e. The number of halogens is 2. The van der Waals surface area contributed by atoms with E-state index in [-0.39, 0.29) is 133 Å². The van der Waals surface area contributed by atoms with Gasteiger partial charge < -0.3 is 41.1 Å². The number of benzene rings is 2. The molecule has 0 atom stereocenters. The Labute approximate surface area is 448 Å². The molecule has 4 aliphatic heterocycles. The van der Waals surface area contributed by atoms with E-state index in [4.69, 9.17) is 16.2 Å². The van der Waals surface area contributed by atoms with E-state index in [0.717, 1.165) is 55.6 Å². The number of nitro groups is 2. The van der Waals surface area contributed by atoms with Gasteiger partial charge in [0.05, 0.1) is 50.4 Å². The fraction of sp³-hybridized carbons (Fsp3) is 0.675. The molecular weight excluding hydrogens is 853 g/mol. The average molecular weight is 920 g/mol. The second-order valence-corrected chi connectivity index (χ2v) is 14.6. The number of aryl methyl sites for hydroxylation is 2. The van der Waals surface area contributed by atoms with Crippen molar-refractivity contribution in [2.24, 2.45) is 0 Å². The van der Waals surface area contributed by atoms with Crippen LogP contribution in [0.15, 0.2) is 24.3 Å². The van der Waals surface area contributed by atoms with Crippen molar-refractivity contribution in [3.05, 3.63) is 61.4 Å². The maximum Gasteiger partial charge on any atom is 1.00 e. The van der Waals surface area contributed by atoms with Crippen molar-refractivity contribution in [3.63, 3.8) is 0 Å². The van der Waals surface area contributed by atoms with Crippen LogP contribution in [0.4, 0.5) is 25.8 Å². The first-order valence-electron chi connectivity index (χ1n) is 20.8. The molecule has 2 aromatic rings. The van der Waals surface area contributed by atoms with Crippen molar-refractivity contribution in [2.75, 3.05) is 119 Å². The van der Waals surface area contributed by atoms with Crippen LogP contribution in [0.1, 0.15) is 53.5 Å². The summed E-state index contributed by atoms with van der Waals surface area (Å²) in [5.41, 5.74) is 2.17. The zero-order chi connectivity index (χ0) is 44.6. The van der Waals surface area contributed by atoms with Crippen LogP contribution < -0.4 is 128 Å². The molecule has 4 aliphatic rings. The minimum absolute atomic E-state index is 0. The molecule has 0 aromatic heterocycles. The maximum atomic E-state index is 13.1. The summed E-state index contributed by atoms with van der Waals surface area (Å²) < 4.78 is 38.8. The third kappa shape index (κ3) is 20.0. The molecule has 0 amide bonds. The second kappa shape index (κ2) is 33.5. The number of piperazine rings is 2. The number of piperidine rings is 2. The summed E-state index contributed by atoms with van der Waals surface area (Å²) in [6, 6.07) is 7.33. The summed E-state index contributed by atoms with van der Waals surface area (Å²) in [5, 5.41) is 33.7. The first-order chi connectivity index (χ1) is 28.8. The van der Waals surface area contributed by atoms with Crippen LogP contribution in [0.25, 0.3) is 0 Å². The third-order valence-electron chi connectivity index (χ3n) is 11.1. The first kappa shape index (κ1) is 58.0. The average Bonchev–Trinajstić information content (AvgIpc) is 3.27. The number of carbonyl (C=O) groups excluding carboxylic acids is 1. The maximum absolute atomic E-state index is 13.1. The second-order valence-electron chi connectivity index (χ2n) is 14.6. The monoisotopic (exact) mass is 919 g/mol. The predicted molar refractivity (Wildman–Crippen MR) is 223 cm³/mol. The molecule has 0 unspecified atom stereocenters. The standard InChI is InChI=1S/C19H30N4O3.C10H21N3.C9H10FNO3.CH3F.CH2O3.2K.H/c1-4-15-13-18(19(26-3)14-17(15)23(24)25)22-11-9-21(10-12-22)16-5-7-20(2)8-6-16;1-12-6-2-10(3-7-12)13-8-4-11-5-9-13;1-3-6-4-7(10)9(14-2)5-8(6)11(12)13;1-2;2-1-4-3;;;/h13-14,16H,4-12H2,1-3H3;10-11H,2-9H2,1H3;4-5H,3H2,1-2H3;1H3;1,3H;;;/q;;;;;2*+1;-1/p-1/i;;;1D;;;;. The van der Waals surface area contributed by atoms with E-state index >= 15 is 0 Å². The van der Waals surface area contributed by atoms with Crippen LogP contribution in [0.3, 0.4) is 0 Å². The van der Waals surface area contributed by atoms with Crippen molar-refractivity contribution < 1.29 is 149 Å². The predicted octanol–water partition coefficient (Wildman–Crippen LogP) is -2.19. The molecule has 4 fully saturated rings. The number of anilines is 1. The summed E-state index contributed by atoms with van der Waals surface area (Å²) in [6.45, 7) is 17.3. The Morgan fingerprint density at radius 2 is 1.16 bits per heavy atom. The summed E-state index contributed by atoms with van der Waals surface area (Å²) in [4.78, 5) is 44.7. The molecule has 21 heteroatoms. The molecule has 4 heterocycles. The number of hydrogen-bond acceptors (Lipinski definition) is 15. The van der Waals surface area contributed by atoms with Gasteiger partial charge in [0, 0.05) is 75.6 Å². The minimum atomic E-state index is -1.00. The van der Waals surface area contributed by atoms with Crippen molar-refractivity contribution in [1.29, 1.82) is 0 Å². The number of likely N-dealkylation sites (tertiary alicyclic amines) is 2. The number of methoxy groups -OCH3 is 2. The van der Waals surface area contributed by atoms with E-state index in [1.54, 1.807) is 20.1 Å². The number of nitrogens with zero attached hydrogens (tertiary/aromatic N) is 7.